The van der Waals surface area contributed by atoms with E-state index in [-0.39, 0.29) is 5.12 Å². The summed E-state index contributed by atoms with van der Waals surface area (Å²) in [5, 5.41) is 4.34. The fraction of sp³-hybridized carbons (Fsp3) is 0. The van der Waals surface area contributed by atoms with Gasteiger partial charge in [0.15, 0.2) is 5.65 Å². The van der Waals surface area contributed by atoms with Crippen LogP contribution in [-0.2, 0) is 0 Å². The summed E-state index contributed by atoms with van der Waals surface area (Å²) in [5.41, 5.74) is 6.87. The van der Waals surface area contributed by atoms with Gasteiger partial charge in [-0.25, -0.2) is 9.50 Å². The highest BCUT2D eigenvalue weighted by Crippen LogP contribution is 2.27. The molecule has 0 saturated carbocycles. The zero-order chi connectivity index (χ0) is 20.5. The Morgan fingerprint density at radius 2 is 1.60 bits per heavy atom. The molecule has 0 aliphatic carbocycles. The van der Waals surface area contributed by atoms with E-state index in [1.54, 1.807) is 23.0 Å². The van der Waals surface area contributed by atoms with E-state index in [2.05, 4.69) is 27.7 Å². The van der Waals surface area contributed by atoms with Crippen LogP contribution >= 0.6 is 12.6 Å². The minimum absolute atomic E-state index is 0.263. The van der Waals surface area contributed by atoms with Crippen molar-refractivity contribution < 1.29 is 4.79 Å². The highest BCUT2D eigenvalue weighted by atomic mass is 32.1. The second-order valence-corrected chi connectivity index (χ2v) is 7.25. The molecule has 0 amide bonds. The molecular weight excluding hydrogens is 392 g/mol. The number of carbonyl (C=O) groups is 1. The van der Waals surface area contributed by atoms with Gasteiger partial charge in [0.2, 0.25) is 5.12 Å². The molecule has 5 nitrogen and oxygen atoms in total. The molecule has 0 unspecified atom stereocenters. The Labute approximate surface area is 178 Å². The van der Waals surface area contributed by atoms with Gasteiger partial charge in [0.05, 0.1) is 23.8 Å². The van der Waals surface area contributed by atoms with Gasteiger partial charge in [-0.15, -0.1) is 12.6 Å². The van der Waals surface area contributed by atoms with Crippen molar-refractivity contribution in [1.29, 1.82) is 0 Å². The van der Waals surface area contributed by atoms with Crippen LogP contribution in [-0.4, -0.2) is 24.7 Å². The summed E-state index contributed by atoms with van der Waals surface area (Å²) in [4.78, 5) is 20.6. The number of aromatic nitrogens is 4. The topological polar surface area (TPSA) is 60.2 Å². The Kier molecular flexibility index (Phi) is 4.61. The number of carbonyl (C=O) groups excluding carboxylic acids is 1. The van der Waals surface area contributed by atoms with Crippen molar-refractivity contribution in [3.8, 4) is 33.6 Å². The molecular formula is C24H16N4OS. The molecule has 6 heteroatoms. The van der Waals surface area contributed by atoms with E-state index in [0.717, 1.165) is 39.3 Å². The predicted molar refractivity (Wildman–Crippen MR) is 120 cm³/mol. The van der Waals surface area contributed by atoms with Gasteiger partial charge < -0.3 is 0 Å². The molecule has 3 heterocycles. The van der Waals surface area contributed by atoms with Gasteiger partial charge in [0.1, 0.15) is 0 Å². The summed E-state index contributed by atoms with van der Waals surface area (Å²) < 4.78 is 1.81. The summed E-state index contributed by atoms with van der Waals surface area (Å²) >= 11 is 3.91. The van der Waals surface area contributed by atoms with E-state index in [1.165, 1.54) is 0 Å². The molecule has 0 aliphatic heterocycles. The van der Waals surface area contributed by atoms with Crippen LogP contribution < -0.4 is 0 Å². The fourth-order valence-electron chi connectivity index (χ4n) is 3.42. The number of fused-ring (bicyclic) bond motifs is 1. The third-order valence-corrected chi connectivity index (χ3v) is 5.19. The summed E-state index contributed by atoms with van der Waals surface area (Å²) in [5.74, 6) is 0. The third-order valence-electron chi connectivity index (χ3n) is 4.93. The number of imidazole rings is 1. The van der Waals surface area contributed by atoms with Crippen LogP contribution in [0.1, 0.15) is 10.4 Å². The average molecular weight is 408 g/mol. The minimum Gasteiger partial charge on any atom is -0.282 e. The molecule has 0 N–H and O–H groups in total. The Balaban J connectivity index is 1.55. The molecule has 2 aromatic carbocycles. The lowest BCUT2D eigenvalue weighted by Gasteiger charge is -2.06. The van der Waals surface area contributed by atoms with Crippen LogP contribution in [0, 0.1) is 0 Å². The van der Waals surface area contributed by atoms with Crippen LogP contribution in [0.3, 0.4) is 0 Å². The summed E-state index contributed by atoms with van der Waals surface area (Å²) in [6.45, 7) is 0. The first-order valence-electron chi connectivity index (χ1n) is 9.38. The quantitative estimate of drug-likeness (QED) is 0.416. The molecule has 3 aromatic heterocycles. The van der Waals surface area contributed by atoms with Crippen LogP contribution in [0.4, 0.5) is 0 Å². The van der Waals surface area contributed by atoms with Crippen molar-refractivity contribution in [2.45, 2.75) is 0 Å². The summed E-state index contributed by atoms with van der Waals surface area (Å²) in [6.07, 6.45) is 5.38. The van der Waals surface area contributed by atoms with Crippen molar-refractivity contribution >= 4 is 23.4 Å². The Morgan fingerprint density at radius 1 is 0.767 bits per heavy atom. The van der Waals surface area contributed by atoms with E-state index in [9.17, 15) is 4.79 Å². The second-order valence-electron chi connectivity index (χ2n) is 6.84. The first-order valence-corrected chi connectivity index (χ1v) is 9.83. The van der Waals surface area contributed by atoms with Crippen LogP contribution in [0.25, 0.3) is 39.3 Å². The molecule has 0 radical (unpaired) electrons. The lowest BCUT2D eigenvalue weighted by Crippen LogP contribution is -1.96. The average Bonchev–Trinajstić information content (AvgIpc) is 3.23. The normalized spacial score (nSPS) is 11.0. The lowest BCUT2D eigenvalue weighted by molar-refractivity contribution is 0.109. The smallest absolute Gasteiger partial charge is 0.216 e. The highest BCUT2D eigenvalue weighted by molar-refractivity contribution is 7.97. The monoisotopic (exact) mass is 408 g/mol. The summed E-state index contributed by atoms with van der Waals surface area (Å²) in [7, 11) is 0. The largest absolute Gasteiger partial charge is 0.282 e. The molecule has 0 saturated heterocycles. The van der Waals surface area contributed by atoms with Gasteiger partial charge in [0, 0.05) is 28.5 Å². The predicted octanol–water partition coefficient (Wildman–Crippen LogP) is 5.20. The van der Waals surface area contributed by atoms with E-state index >= 15 is 0 Å². The van der Waals surface area contributed by atoms with Crippen molar-refractivity contribution in [2.75, 3.05) is 0 Å². The number of hydrogen-bond donors (Lipinski definition) is 1. The standard InChI is InChI=1S/C24H16N4OS/c29-24(30)19-8-4-7-17(11-19)20-13-23-26-15-22(28(23)27-14-20)18-9-10-25-21(12-18)16-5-2-1-3-6-16/h1-15H,(H,29,30). The maximum Gasteiger partial charge on any atom is 0.216 e. The molecule has 30 heavy (non-hydrogen) atoms. The highest BCUT2D eigenvalue weighted by Gasteiger charge is 2.11. The van der Waals surface area contributed by atoms with Gasteiger partial charge in [-0.05, 0) is 29.8 Å². The van der Waals surface area contributed by atoms with Gasteiger partial charge in [-0.1, -0.05) is 48.5 Å². The van der Waals surface area contributed by atoms with Gasteiger partial charge in [0.25, 0.3) is 0 Å². The number of thiol groups is 1. The van der Waals surface area contributed by atoms with Crippen molar-refractivity contribution in [1.82, 2.24) is 19.6 Å². The zero-order valence-corrected chi connectivity index (χ0v) is 16.7. The maximum atomic E-state index is 11.6. The molecule has 0 aliphatic rings. The molecule has 5 rings (SSSR count). The first-order chi connectivity index (χ1) is 14.7. The molecule has 5 aromatic rings. The van der Waals surface area contributed by atoms with E-state index in [0.29, 0.717) is 5.56 Å². The van der Waals surface area contributed by atoms with E-state index in [1.807, 2.05) is 72.9 Å². The number of pyridine rings is 1. The minimum atomic E-state index is -0.263. The van der Waals surface area contributed by atoms with Crippen molar-refractivity contribution in [2.24, 2.45) is 0 Å². The number of rotatable bonds is 4. The number of hydrogen-bond acceptors (Lipinski definition) is 4. The number of benzene rings is 2. The van der Waals surface area contributed by atoms with E-state index in [4.69, 9.17) is 0 Å². The second kappa shape index (κ2) is 7.57. The lowest BCUT2D eigenvalue weighted by atomic mass is 10.1. The van der Waals surface area contributed by atoms with Gasteiger partial charge in [-0.3, -0.25) is 9.78 Å². The molecule has 0 bridgehead atoms. The van der Waals surface area contributed by atoms with Crippen LogP contribution in [0.2, 0.25) is 0 Å². The molecule has 0 spiro atoms. The Morgan fingerprint density at radius 3 is 2.43 bits per heavy atom. The zero-order valence-electron chi connectivity index (χ0n) is 15.8. The Hall–Kier alpha value is -3.77. The van der Waals surface area contributed by atoms with Gasteiger partial charge in [-0.2, -0.15) is 5.10 Å². The SMILES string of the molecule is O=C(S)c1cccc(-c2cnn3c(-c4ccnc(-c5ccccc5)c4)cnc3c2)c1. The van der Waals surface area contributed by atoms with Gasteiger partial charge >= 0.3 is 0 Å². The fourth-order valence-corrected chi connectivity index (χ4v) is 3.56. The van der Waals surface area contributed by atoms with Crippen molar-refractivity contribution in [3.05, 3.63) is 97.0 Å². The van der Waals surface area contributed by atoms with Crippen LogP contribution in [0.5, 0.6) is 0 Å². The third kappa shape index (κ3) is 3.38. The molecule has 144 valence electrons. The Bertz CT molecular complexity index is 1380. The summed E-state index contributed by atoms with van der Waals surface area (Å²) in [6, 6.07) is 23.3. The number of nitrogens with zero attached hydrogens (tertiary/aromatic N) is 4. The molecule has 0 atom stereocenters. The van der Waals surface area contributed by atoms with Crippen molar-refractivity contribution in [3.63, 3.8) is 0 Å². The van der Waals surface area contributed by atoms with Crippen LogP contribution in [0.15, 0.2) is 91.4 Å². The molecule has 0 fully saturated rings. The first kappa shape index (κ1) is 18.3. The van der Waals surface area contributed by atoms with E-state index < -0.39 is 0 Å². The maximum absolute atomic E-state index is 11.6.